The third-order valence-electron chi connectivity index (χ3n) is 4.95. The Morgan fingerprint density at radius 1 is 1.10 bits per heavy atom. The predicted molar refractivity (Wildman–Crippen MR) is 117 cm³/mol. The molecule has 1 N–H and O–H groups in total. The number of aromatic nitrogens is 4. The van der Waals surface area contributed by atoms with Crippen LogP contribution in [-0.4, -0.2) is 45.4 Å². The fraction of sp³-hybridized carbons (Fsp3) is 0.429. The zero-order valence-electron chi connectivity index (χ0n) is 18.2. The Bertz CT molecular complexity index is 1210. The minimum Gasteiger partial charge on any atom is -0.495 e. The third kappa shape index (κ3) is 4.38. The van der Waals surface area contributed by atoms with Crippen molar-refractivity contribution in [3.63, 3.8) is 0 Å². The van der Waals surface area contributed by atoms with Crippen LogP contribution in [0.15, 0.2) is 33.9 Å². The van der Waals surface area contributed by atoms with Crippen molar-refractivity contribution in [2.75, 3.05) is 26.1 Å². The maximum Gasteiger partial charge on any atom is 0.333 e. The van der Waals surface area contributed by atoms with E-state index in [0.717, 1.165) is 4.57 Å². The number of benzene rings is 1. The van der Waals surface area contributed by atoms with Gasteiger partial charge in [0.15, 0.2) is 11.2 Å². The van der Waals surface area contributed by atoms with Gasteiger partial charge in [-0.25, -0.2) is 14.3 Å². The number of rotatable bonds is 9. The van der Waals surface area contributed by atoms with E-state index < -0.39 is 23.7 Å². The lowest BCUT2D eigenvalue weighted by Crippen LogP contribution is -2.43. The molecule has 3 aromatic rings. The molecule has 1 aromatic carbocycles. The summed E-state index contributed by atoms with van der Waals surface area (Å²) in [6.45, 7) is 4.44. The molecule has 0 saturated heterocycles. The van der Waals surface area contributed by atoms with Crippen LogP contribution in [0.2, 0.25) is 0 Å². The molecular formula is C21H27N5O5. The number of hydrogen-bond donors (Lipinski definition) is 1. The van der Waals surface area contributed by atoms with Gasteiger partial charge in [0.2, 0.25) is 5.91 Å². The van der Waals surface area contributed by atoms with E-state index in [9.17, 15) is 14.4 Å². The topological polar surface area (TPSA) is 109 Å². The summed E-state index contributed by atoms with van der Waals surface area (Å²) in [5.41, 5.74) is -0.0522. The van der Waals surface area contributed by atoms with Crippen LogP contribution in [0.5, 0.6) is 5.75 Å². The lowest BCUT2D eigenvalue weighted by atomic mass is 10.3. The van der Waals surface area contributed by atoms with Crippen LogP contribution in [0.3, 0.4) is 0 Å². The smallest absolute Gasteiger partial charge is 0.333 e. The number of fused-ring (bicyclic) bond motifs is 1. The van der Waals surface area contributed by atoms with Gasteiger partial charge in [-0.1, -0.05) is 19.1 Å². The Balaban J connectivity index is 2.08. The summed E-state index contributed by atoms with van der Waals surface area (Å²) in [5, 5.41) is 2.70. The molecule has 1 amide bonds. The van der Waals surface area contributed by atoms with Gasteiger partial charge in [0.05, 0.1) is 19.4 Å². The van der Waals surface area contributed by atoms with Crippen molar-refractivity contribution in [3.05, 3.63) is 50.9 Å². The van der Waals surface area contributed by atoms with Crippen LogP contribution in [0, 0.1) is 6.92 Å². The fourth-order valence-corrected chi connectivity index (χ4v) is 3.50. The zero-order chi connectivity index (χ0) is 22.5. The quantitative estimate of drug-likeness (QED) is 0.550. The summed E-state index contributed by atoms with van der Waals surface area (Å²) in [4.78, 5) is 43.5. The highest BCUT2D eigenvalue weighted by Crippen LogP contribution is 2.22. The Morgan fingerprint density at radius 3 is 2.52 bits per heavy atom. The zero-order valence-corrected chi connectivity index (χ0v) is 18.2. The van der Waals surface area contributed by atoms with Gasteiger partial charge in [-0.3, -0.25) is 14.2 Å². The first-order valence-corrected chi connectivity index (χ1v) is 10.0. The summed E-state index contributed by atoms with van der Waals surface area (Å²) in [7, 11) is 3.07. The third-order valence-corrected chi connectivity index (χ3v) is 4.95. The van der Waals surface area contributed by atoms with Gasteiger partial charge in [-0.15, -0.1) is 0 Å². The number of anilines is 1. The number of carbonyl (C=O) groups is 1. The van der Waals surface area contributed by atoms with Gasteiger partial charge in [0.1, 0.15) is 18.1 Å². The predicted octanol–water partition coefficient (Wildman–Crippen LogP) is 1.37. The number of para-hydroxylation sites is 2. The Morgan fingerprint density at radius 2 is 1.84 bits per heavy atom. The van der Waals surface area contributed by atoms with E-state index in [4.69, 9.17) is 9.47 Å². The molecular weight excluding hydrogens is 402 g/mol. The summed E-state index contributed by atoms with van der Waals surface area (Å²) in [5.74, 6) is 0.575. The van der Waals surface area contributed by atoms with Crippen LogP contribution in [-0.2, 0) is 29.2 Å². The van der Waals surface area contributed by atoms with Crippen molar-refractivity contribution in [3.8, 4) is 5.75 Å². The van der Waals surface area contributed by atoms with E-state index in [1.54, 1.807) is 42.9 Å². The summed E-state index contributed by atoms with van der Waals surface area (Å²) < 4.78 is 14.5. The highest BCUT2D eigenvalue weighted by atomic mass is 16.5. The van der Waals surface area contributed by atoms with E-state index >= 15 is 0 Å². The molecule has 10 nitrogen and oxygen atoms in total. The van der Waals surface area contributed by atoms with Gasteiger partial charge in [0.25, 0.3) is 5.56 Å². The van der Waals surface area contributed by atoms with Gasteiger partial charge in [-0.05, 0) is 25.5 Å². The van der Waals surface area contributed by atoms with Gasteiger partial charge >= 0.3 is 5.69 Å². The molecule has 0 spiro atoms. The molecule has 31 heavy (non-hydrogen) atoms. The number of hydrogen-bond acceptors (Lipinski definition) is 6. The molecule has 0 aliphatic rings. The number of ether oxygens (including phenoxy) is 2. The van der Waals surface area contributed by atoms with E-state index in [2.05, 4.69) is 10.3 Å². The molecule has 0 aliphatic heterocycles. The number of methoxy groups -OCH3 is 2. The minimum atomic E-state index is -0.564. The molecule has 0 saturated carbocycles. The molecule has 2 aromatic heterocycles. The monoisotopic (exact) mass is 429 g/mol. The molecule has 2 heterocycles. The first-order valence-electron chi connectivity index (χ1n) is 10.0. The number of aryl methyl sites for hydroxylation is 2. The lowest BCUT2D eigenvalue weighted by molar-refractivity contribution is -0.116. The van der Waals surface area contributed by atoms with E-state index in [-0.39, 0.29) is 5.52 Å². The lowest BCUT2D eigenvalue weighted by Gasteiger charge is -2.13. The van der Waals surface area contributed by atoms with Gasteiger partial charge in [0, 0.05) is 20.2 Å². The first kappa shape index (κ1) is 22.3. The highest BCUT2D eigenvalue weighted by Gasteiger charge is 2.21. The fourth-order valence-electron chi connectivity index (χ4n) is 3.50. The Hall–Kier alpha value is -3.40. The molecule has 10 heteroatoms. The molecule has 3 rings (SSSR count). The normalized spacial score (nSPS) is 11.1. The molecule has 0 atom stereocenters. The second kappa shape index (κ2) is 9.61. The van der Waals surface area contributed by atoms with Crippen molar-refractivity contribution < 1.29 is 14.3 Å². The van der Waals surface area contributed by atoms with Crippen LogP contribution in [0.25, 0.3) is 11.2 Å². The van der Waals surface area contributed by atoms with Gasteiger partial charge in [-0.2, -0.15) is 0 Å². The first-order chi connectivity index (χ1) is 14.9. The summed E-state index contributed by atoms with van der Waals surface area (Å²) >= 11 is 0. The average Bonchev–Trinajstić information content (AvgIpc) is 3.09. The minimum absolute atomic E-state index is 0.285. The van der Waals surface area contributed by atoms with Crippen LogP contribution in [0.4, 0.5) is 5.69 Å². The molecule has 0 bridgehead atoms. The molecule has 0 aliphatic carbocycles. The number of imidazole rings is 1. The number of nitrogens with one attached hydrogen (secondary N) is 1. The number of nitrogens with zero attached hydrogens (tertiary/aromatic N) is 4. The number of carbonyl (C=O) groups excluding carboxylic acids is 1. The van der Waals surface area contributed by atoms with E-state index in [1.165, 1.54) is 11.7 Å². The van der Waals surface area contributed by atoms with Gasteiger partial charge < -0.3 is 19.4 Å². The van der Waals surface area contributed by atoms with Crippen molar-refractivity contribution in [2.45, 2.75) is 39.9 Å². The summed E-state index contributed by atoms with van der Waals surface area (Å²) in [6.07, 6.45) is 0.671. The van der Waals surface area contributed by atoms with Crippen LogP contribution < -0.4 is 21.3 Å². The standard InChI is InChI=1S/C21H27N5O5/c1-5-10-25-19-18(24(11-12-30-3)14(2)22-19)20(28)26(21(25)29)13-17(27)23-15-8-6-7-9-16(15)31-4/h6-9H,5,10-13H2,1-4H3,(H,23,27). The van der Waals surface area contributed by atoms with E-state index in [1.807, 2.05) is 6.92 Å². The SMILES string of the molecule is CCCn1c(=O)n(CC(=O)Nc2ccccc2OC)c(=O)c2c1nc(C)n2CCOC. The van der Waals surface area contributed by atoms with E-state index in [0.29, 0.717) is 49.0 Å². The maximum absolute atomic E-state index is 13.3. The second-order valence-corrected chi connectivity index (χ2v) is 7.05. The largest absolute Gasteiger partial charge is 0.495 e. The summed E-state index contributed by atoms with van der Waals surface area (Å²) in [6, 6.07) is 6.92. The maximum atomic E-state index is 13.3. The molecule has 0 radical (unpaired) electrons. The highest BCUT2D eigenvalue weighted by molar-refractivity contribution is 5.92. The Labute approximate surface area is 179 Å². The molecule has 0 fully saturated rings. The van der Waals surface area contributed by atoms with Crippen molar-refractivity contribution >= 4 is 22.8 Å². The van der Waals surface area contributed by atoms with Crippen molar-refractivity contribution in [2.24, 2.45) is 0 Å². The van der Waals surface area contributed by atoms with Crippen LogP contribution in [0.1, 0.15) is 19.2 Å². The second-order valence-electron chi connectivity index (χ2n) is 7.05. The van der Waals surface area contributed by atoms with Crippen molar-refractivity contribution in [1.29, 1.82) is 0 Å². The molecule has 166 valence electrons. The van der Waals surface area contributed by atoms with Crippen molar-refractivity contribution in [1.82, 2.24) is 18.7 Å². The molecule has 0 unspecified atom stereocenters. The number of amides is 1. The Kier molecular flexibility index (Phi) is 6.91. The average molecular weight is 429 g/mol. The van der Waals surface area contributed by atoms with Crippen LogP contribution >= 0.6 is 0 Å².